The summed E-state index contributed by atoms with van der Waals surface area (Å²) in [6, 6.07) is 12.0. The molecule has 34 heavy (non-hydrogen) atoms. The molecule has 2 heterocycles. The summed E-state index contributed by atoms with van der Waals surface area (Å²) in [6.07, 6.45) is 6.72. The van der Waals surface area contributed by atoms with Gasteiger partial charge in [-0.05, 0) is 49.6 Å². The Kier molecular flexibility index (Phi) is 7.97. The topological polar surface area (TPSA) is 79.7 Å². The van der Waals surface area contributed by atoms with Crippen LogP contribution in [-0.2, 0) is 36.7 Å². The largest absolute Gasteiger partial charge is 0.345 e. The van der Waals surface area contributed by atoms with E-state index in [0.29, 0.717) is 23.0 Å². The molecule has 1 aliphatic rings. The third kappa shape index (κ3) is 6.38. The fourth-order valence-corrected chi connectivity index (χ4v) is 5.30. The minimum Gasteiger partial charge on any atom is -0.345 e. The van der Waals surface area contributed by atoms with Crippen LogP contribution in [0.15, 0.2) is 66.1 Å². The zero-order chi connectivity index (χ0) is 24.2. The van der Waals surface area contributed by atoms with Gasteiger partial charge in [-0.1, -0.05) is 47.0 Å². The highest BCUT2D eigenvalue weighted by Crippen LogP contribution is 2.32. The van der Waals surface area contributed by atoms with Crippen molar-refractivity contribution >= 4 is 33.3 Å². The molecule has 1 aromatic heterocycles. The van der Waals surface area contributed by atoms with E-state index in [-0.39, 0.29) is 18.1 Å². The van der Waals surface area contributed by atoms with E-state index in [1.54, 1.807) is 30.7 Å². The minimum atomic E-state index is -3.89. The lowest BCUT2D eigenvalue weighted by Gasteiger charge is -2.28. The van der Waals surface area contributed by atoms with Crippen molar-refractivity contribution in [2.45, 2.75) is 49.5 Å². The van der Waals surface area contributed by atoms with Crippen LogP contribution in [0.1, 0.15) is 24.0 Å². The maximum Gasteiger partial charge on any atom is 0.297 e. The van der Waals surface area contributed by atoms with E-state index >= 15 is 0 Å². The minimum absolute atomic E-state index is 0.113. The molecule has 0 saturated carbocycles. The average Bonchev–Trinajstić information content (AvgIpc) is 3.45. The van der Waals surface area contributed by atoms with E-state index in [9.17, 15) is 8.42 Å². The number of ether oxygens (including phenoxy) is 2. The van der Waals surface area contributed by atoms with Crippen molar-refractivity contribution in [3.63, 3.8) is 0 Å². The van der Waals surface area contributed by atoms with Crippen LogP contribution in [0.2, 0.25) is 10.0 Å². The van der Waals surface area contributed by atoms with Crippen LogP contribution in [0.5, 0.6) is 0 Å². The average molecular weight is 525 g/mol. The highest BCUT2D eigenvalue weighted by atomic mass is 35.5. The van der Waals surface area contributed by atoms with Crippen molar-refractivity contribution in [3.8, 4) is 0 Å². The Labute approximate surface area is 209 Å². The summed E-state index contributed by atoms with van der Waals surface area (Å²) in [6.45, 7) is 2.40. The summed E-state index contributed by atoms with van der Waals surface area (Å²) >= 11 is 12.3. The number of nitrogens with zero attached hydrogens (tertiary/aromatic N) is 2. The van der Waals surface area contributed by atoms with Crippen molar-refractivity contribution in [1.29, 1.82) is 0 Å². The molecular weight excluding hydrogens is 499 g/mol. The molecule has 3 aromatic rings. The van der Waals surface area contributed by atoms with Crippen molar-refractivity contribution in [3.05, 3.63) is 82.4 Å². The van der Waals surface area contributed by atoms with Gasteiger partial charge in [-0.15, -0.1) is 0 Å². The molecule has 2 aromatic carbocycles. The van der Waals surface area contributed by atoms with Gasteiger partial charge in [-0.2, -0.15) is 8.42 Å². The lowest BCUT2D eigenvalue weighted by atomic mass is 10.0. The Morgan fingerprint density at radius 3 is 2.71 bits per heavy atom. The molecule has 1 aliphatic heterocycles. The number of aromatic nitrogens is 2. The van der Waals surface area contributed by atoms with Crippen molar-refractivity contribution in [1.82, 2.24) is 9.55 Å². The predicted octanol–water partition coefficient (Wildman–Crippen LogP) is 5.04. The first kappa shape index (κ1) is 25.2. The SMILES string of the molecule is Cc1ccc(S(=O)(=O)OC[C@@H]2CO[C@@](CCCc3ccc(Cl)cc3Cl)(Cn3ccnc3)O2)cc1. The van der Waals surface area contributed by atoms with E-state index in [1.165, 1.54) is 12.1 Å². The highest BCUT2D eigenvalue weighted by molar-refractivity contribution is 7.86. The molecule has 1 saturated heterocycles. The molecule has 182 valence electrons. The number of rotatable bonds is 10. The summed E-state index contributed by atoms with van der Waals surface area (Å²) in [7, 11) is -3.89. The second-order valence-electron chi connectivity index (χ2n) is 8.34. The maximum absolute atomic E-state index is 12.5. The first-order valence-electron chi connectivity index (χ1n) is 10.9. The first-order valence-corrected chi connectivity index (χ1v) is 13.1. The number of hydrogen-bond acceptors (Lipinski definition) is 6. The molecular formula is C24H26Cl2N2O5S. The van der Waals surface area contributed by atoms with Crippen LogP contribution in [0.3, 0.4) is 0 Å². The zero-order valence-electron chi connectivity index (χ0n) is 18.7. The summed E-state index contributed by atoms with van der Waals surface area (Å²) in [5.74, 6) is -0.929. The highest BCUT2D eigenvalue weighted by Gasteiger charge is 2.42. The van der Waals surface area contributed by atoms with E-state index in [4.69, 9.17) is 36.9 Å². The molecule has 0 radical (unpaired) electrons. The van der Waals surface area contributed by atoms with E-state index < -0.39 is 22.0 Å². The summed E-state index contributed by atoms with van der Waals surface area (Å²) in [5.41, 5.74) is 1.96. The van der Waals surface area contributed by atoms with Gasteiger partial charge >= 0.3 is 0 Å². The third-order valence-corrected chi connectivity index (χ3v) is 7.52. The monoisotopic (exact) mass is 524 g/mol. The lowest BCUT2D eigenvalue weighted by molar-refractivity contribution is -0.185. The Morgan fingerprint density at radius 1 is 1.21 bits per heavy atom. The van der Waals surface area contributed by atoms with Gasteiger partial charge in [0.2, 0.25) is 0 Å². The molecule has 0 unspecified atom stereocenters. The van der Waals surface area contributed by atoms with E-state index in [0.717, 1.165) is 24.0 Å². The van der Waals surface area contributed by atoms with Crippen molar-refractivity contribution in [2.24, 2.45) is 0 Å². The molecule has 7 nitrogen and oxygen atoms in total. The smallest absolute Gasteiger partial charge is 0.297 e. The van der Waals surface area contributed by atoms with Crippen molar-refractivity contribution in [2.75, 3.05) is 13.2 Å². The van der Waals surface area contributed by atoms with Crippen LogP contribution in [0, 0.1) is 6.92 Å². The molecule has 0 spiro atoms. The van der Waals surface area contributed by atoms with E-state index in [2.05, 4.69) is 4.98 Å². The van der Waals surface area contributed by atoms with Gasteiger partial charge in [0.15, 0.2) is 5.79 Å². The van der Waals surface area contributed by atoms with Crippen LogP contribution in [-0.4, -0.2) is 43.1 Å². The number of benzene rings is 2. The second kappa shape index (κ2) is 10.8. The Balaban J connectivity index is 1.39. The molecule has 1 fully saturated rings. The van der Waals surface area contributed by atoms with Crippen LogP contribution in [0.4, 0.5) is 0 Å². The Hall–Kier alpha value is -1.94. The van der Waals surface area contributed by atoms with Gasteiger partial charge in [0, 0.05) is 28.9 Å². The summed E-state index contributed by atoms with van der Waals surface area (Å²) in [4.78, 5) is 4.20. The fourth-order valence-electron chi connectivity index (χ4n) is 3.86. The molecule has 0 bridgehead atoms. The quantitative estimate of drug-likeness (QED) is 0.345. The first-order chi connectivity index (χ1) is 16.2. The van der Waals surface area contributed by atoms with Gasteiger partial charge < -0.3 is 14.0 Å². The van der Waals surface area contributed by atoms with Gasteiger partial charge in [0.05, 0.1) is 31.0 Å². The predicted molar refractivity (Wildman–Crippen MR) is 129 cm³/mol. The number of imidazole rings is 1. The number of hydrogen-bond donors (Lipinski definition) is 0. The Bertz CT molecular complexity index is 1200. The Morgan fingerprint density at radius 2 is 2.00 bits per heavy atom. The van der Waals surface area contributed by atoms with Crippen LogP contribution < -0.4 is 0 Å². The molecule has 2 atom stereocenters. The van der Waals surface area contributed by atoms with Gasteiger partial charge in [0.1, 0.15) is 6.10 Å². The fraction of sp³-hybridized carbons (Fsp3) is 0.375. The van der Waals surface area contributed by atoms with Crippen molar-refractivity contribution < 1.29 is 22.1 Å². The van der Waals surface area contributed by atoms with Crippen LogP contribution >= 0.6 is 23.2 Å². The van der Waals surface area contributed by atoms with Crippen LogP contribution in [0.25, 0.3) is 0 Å². The normalized spacial score (nSPS) is 20.6. The third-order valence-electron chi connectivity index (χ3n) is 5.63. The molecule has 0 N–H and O–H groups in total. The van der Waals surface area contributed by atoms with Gasteiger partial charge in [0.25, 0.3) is 10.1 Å². The molecule has 10 heteroatoms. The molecule has 0 amide bonds. The summed E-state index contributed by atoms with van der Waals surface area (Å²) in [5, 5.41) is 1.22. The standard InChI is InChI=1S/C24H26Cl2N2O5S/c1-18-4-8-22(9-5-18)34(29,30)32-15-21-14-31-24(33-21,16-28-12-11-27-17-28)10-2-3-19-6-7-20(25)13-23(19)26/h4-9,11-13,17,21H,2-3,10,14-16H2,1H3/t21-,24+/m0/s1. The number of halogens is 2. The zero-order valence-corrected chi connectivity index (χ0v) is 21.0. The van der Waals surface area contributed by atoms with Gasteiger partial charge in [-0.3, -0.25) is 4.18 Å². The van der Waals surface area contributed by atoms with E-state index in [1.807, 2.05) is 29.8 Å². The molecule has 4 rings (SSSR count). The summed E-state index contributed by atoms with van der Waals surface area (Å²) < 4.78 is 44.6. The maximum atomic E-state index is 12.5. The molecule has 0 aliphatic carbocycles. The second-order valence-corrected chi connectivity index (χ2v) is 10.8. The van der Waals surface area contributed by atoms with Gasteiger partial charge in [-0.25, -0.2) is 4.98 Å². The lowest BCUT2D eigenvalue weighted by Crippen LogP contribution is -2.37. The number of aryl methyl sites for hydroxylation is 2.